The van der Waals surface area contributed by atoms with Crippen LogP contribution in [0.1, 0.15) is 19.3 Å². The molecule has 4 nitrogen and oxygen atoms in total. The Kier molecular flexibility index (Phi) is 3.45. The van der Waals surface area contributed by atoms with Crippen LogP contribution in [0.4, 0.5) is 0 Å². The fourth-order valence-electron chi connectivity index (χ4n) is 1.38. The normalized spacial score (nSPS) is 20.0. The van der Waals surface area contributed by atoms with Crippen molar-refractivity contribution >= 4 is 5.97 Å². The minimum atomic E-state index is -0.903. The van der Waals surface area contributed by atoms with E-state index in [-0.39, 0.29) is 6.42 Å². The van der Waals surface area contributed by atoms with Gasteiger partial charge in [0.15, 0.2) is 5.79 Å². The van der Waals surface area contributed by atoms with Gasteiger partial charge in [0, 0.05) is 6.42 Å². The van der Waals surface area contributed by atoms with Gasteiger partial charge in [-0.25, -0.2) is 0 Å². The van der Waals surface area contributed by atoms with E-state index in [0.717, 1.165) is 0 Å². The van der Waals surface area contributed by atoms with Crippen molar-refractivity contribution in [1.29, 1.82) is 0 Å². The first-order chi connectivity index (χ1) is 6.18. The van der Waals surface area contributed by atoms with Gasteiger partial charge in [-0.15, -0.1) is 6.58 Å². The molecule has 0 amide bonds. The molecule has 1 aliphatic rings. The summed E-state index contributed by atoms with van der Waals surface area (Å²) in [4.78, 5) is 10.5. The van der Waals surface area contributed by atoms with E-state index in [2.05, 4.69) is 6.58 Å². The molecule has 1 saturated heterocycles. The molecular formula is C9H14O4. The second-order valence-electron chi connectivity index (χ2n) is 3.01. The van der Waals surface area contributed by atoms with Gasteiger partial charge in [-0.05, 0) is 6.42 Å². The molecule has 0 bridgehead atoms. The topological polar surface area (TPSA) is 55.8 Å². The molecule has 1 heterocycles. The van der Waals surface area contributed by atoms with E-state index in [9.17, 15) is 4.79 Å². The number of ether oxygens (including phenoxy) is 2. The van der Waals surface area contributed by atoms with Crippen LogP contribution in [0.5, 0.6) is 0 Å². The standard InChI is InChI=1S/C9H14O4/c1-2-3-4-9(7-8(10)11)12-5-6-13-9/h2H,1,3-7H2,(H,10,11). The maximum absolute atomic E-state index is 10.5. The highest BCUT2D eigenvalue weighted by Crippen LogP contribution is 2.28. The van der Waals surface area contributed by atoms with Crippen LogP contribution >= 0.6 is 0 Å². The Balaban J connectivity index is 2.51. The van der Waals surface area contributed by atoms with Crippen molar-refractivity contribution in [2.45, 2.75) is 25.0 Å². The summed E-state index contributed by atoms with van der Waals surface area (Å²) in [5.41, 5.74) is 0. The van der Waals surface area contributed by atoms with Gasteiger partial charge in [-0.3, -0.25) is 4.79 Å². The second-order valence-corrected chi connectivity index (χ2v) is 3.01. The van der Waals surface area contributed by atoms with E-state index in [1.807, 2.05) is 0 Å². The summed E-state index contributed by atoms with van der Waals surface area (Å²) >= 11 is 0. The molecule has 0 radical (unpaired) electrons. The first-order valence-corrected chi connectivity index (χ1v) is 4.29. The fraction of sp³-hybridized carbons (Fsp3) is 0.667. The molecule has 0 aliphatic carbocycles. The van der Waals surface area contributed by atoms with Gasteiger partial charge in [0.25, 0.3) is 0 Å². The lowest BCUT2D eigenvalue weighted by molar-refractivity contribution is -0.181. The molecule has 13 heavy (non-hydrogen) atoms. The van der Waals surface area contributed by atoms with Crippen LogP contribution in [0.25, 0.3) is 0 Å². The predicted molar refractivity (Wildman–Crippen MR) is 46.3 cm³/mol. The summed E-state index contributed by atoms with van der Waals surface area (Å²) in [5.74, 6) is -1.80. The van der Waals surface area contributed by atoms with E-state index in [1.54, 1.807) is 6.08 Å². The molecule has 0 aromatic carbocycles. The van der Waals surface area contributed by atoms with E-state index in [0.29, 0.717) is 26.1 Å². The van der Waals surface area contributed by atoms with Crippen molar-refractivity contribution in [3.63, 3.8) is 0 Å². The molecule has 4 heteroatoms. The summed E-state index contributed by atoms with van der Waals surface area (Å²) in [6, 6.07) is 0. The Morgan fingerprint density at radius 2 is 2.15 bits per heavy atom. The zero-order valence-corrected chi connectivity index (χ0v) is 7.49. The third kappa shape index (κ3) is 2.82. The van der Waals surface area contributed by atoms with E-state index < -0.39 is 11.8 Å². The van der Waals surface area contributed by atoms with Gasteiger partial charge in [0.2, 0.25) is 0 Å². The maximum atomic E-state index is 10.5. The lowest BCUT2D eigenvalue weighted by Gasteiger charge is -2.24. The van der Waals surface area contributed by atoms with Crippen LogP contribution in [0.2, 0.25) is 0 Å². The first kappa shape index (κ1) is 10.2. The van der Waals surface area contributed by atoms with Crippen molar-refractivity contribution < 1.29 is 19.4 Å². The first-order valence-electron chi connectivity index (χ1n) is 4.29. The van der Waals surface area contributed by atoms with Crippen molar-refractivity contribution in [3.05, 3.63) is 12.7 Å². The van der Waals surface area contributed by atoms with Gasteiger partial charge < -0.3 is 14.6 Å². The van der Waals surface area contributed by atoms with Crippen LogP contribution in [0.3, 0.4) is 0 Å². The van der Waals surface area contributed by atoms with Gasteiger partial charge in [0.05, 0.1) is 19.6 Å². The number of carboxylic acids is 1. The Bertz CT molecular complexity index is 194. The number of hydrogen-bond donors (Lipinski definition) is 1. The number of carbonyl (C=O) groups is 1. The Morgan fingerprint density at radius 1 is 1.54 bits per heavy atom. The van der Waals surface area contributed by atoms with Gasteiger partial charge in [-0.2, -0.15) is 0 Å². The van der Waals surface area contributed by atoms with Crippen LogP contribution in [-0.2, 0) is 14.3 Å². The summed E-state index contributed by atoms with van der Waals surface area (Å²) < 4.78 is 10.6. The maximum Gasteiger partial charge on any atom is 0.308 e. The number of allylic oxidation sites excluding steroid dienone is 1. The molecule has 1 N–H and O–H groups in total. The van der Waals surface area contributed by atoms with E-state index in [4.69, 9.17) is 14.6 Å². The van der Waals surface area contributed by atoms with Crippen LogP contribution in [0.15, 0.2) is 12.7 Å². The molecule has 0 aromatic heterocycles. The van der Waals surface area contributed by atoms with Gasteiger partial charge in [-0.1, -0.05) is 6.08 Å². The lowest BCUT2D eigenvalue weighted by atomic mass is 10.1. The zero-order chi connectivity index (χ0) is 9.73. The molecule has 74 valence electrons. The van der Waals surface area contributed by atoms with E-state index in [1.165, 1.54) is 0 Å². The van der Waals surface area contributed by atoms with Crippen molar-refractivity contribution in [2.24, 2.45) is 0 Å². The monoisotopic (exact) mass is 186 g/mol. The third-order valence-electron chi connectivity index (χ3n) is 1.96. The van der Waals surface area contributed by atoms with Crippen LogP contribution in [0, 0.1) is 0 Å². The number of hydrogen-bond acceptors (Lipinski definition) is 3. The smallest absolute Gasteiger partial charge is 0.308 e. The molecule has 0 spiro atoms. The summed E-state index contributed by atoms with van der Waals surface area (Å²) in [6.07, 6.45) is 2.89. The molecule has 1 rings (SSSR count). The minimum absolute atomic E-state index is 0.0964. The molecule has 0 atom stereocenters. The Labute approximate surface area is 77.1 Å². The Morgan fingerprint density at radius 3 is 2.62 bits per heavy atom. The van der Waals surface area contributed by atoms with Crippen LogP contribution in [-0.4, -0.2) is 30.1 Å². The molecule has 0 aromatic rings. The molecule has 0 saturated carbocycles. The van der Waals surface area contributed by atoms with Crippen LogP contribution < -0.4 is 0 Å². The Hall–Kier alpha value is -0.870. The number of aliphatic carboxylic acids is 1. The molecule has 1 aliphatic heterocycles. The average Bonchev–Trinajstić information content (AvgIpc) is 2.49. The minimum Gasteiger partial charge on any atom is -0.481 e. The zero-order valence-electron chi connectivity index (χ0n) is 7.49. The number of carboxylic acid groups (broad SMARTS) is 1. The summed E-state index contributed by atoms with van der Waals surface area (Å²) in [7, 11) is 0. The molecule has 0 unspecified atom stereocenters. The van der Waals surface area contributed by atoms with Crippen molar-refractivity contribution in [3.8, 4) is 0 Å². The third-order valence-corrected chi connectivity index (χ3v) is 1.96. The quantitative estimate of drug-likeness (QED) is 0.655. The van der Waals surface area contributed by atoms with Crippen molar-refractivity contribution in [1.82, 2.24) is 0 Å². The number of rotatable bonds is 5. The van der Waals surface area contributed by atoms with E-state index >= 15 is 0 Å². The largest absolute Gasteiger partial charge is 0.481 e. The molecular weight excluding hydrogens is 172 g/mol. The highest BCUT2D eigenvalue weighted by Gasteiger charge is 2.37. The van der Waals surface area contributed by atoms with Gasteiger partial charge >= 0.3 is 5.97 Å². The second kappa shape index (κ2) is 4.39. The summed E-state index contributed by atoms with van der Waals surface area (Å²) in [5, 5.41) is 8.65. The average molecular weight is 186 g/mol. The lowest BCUT2D eigenvalue weighted by Crippen LogP contribution is -2.32. The summed E-state index contributed by atoms with van der Waals surface area (Å²) in [6.45, 7) is 4.53. The highest BCUT2D eigenvalue weighted by atomic mass is 16.7. The molecule has 1 fully saturated rings. The van der Waals surface area contributed by atoms with Crippen molar-refractivity contribution in [2.75, 3.05) is 13.2 Å². The fourth-order valence-corrected chi connectivity index (χ4v) is 1.38. The highest BCUT2D eigenvalue weighted by molar-refractivity contribution is 5.67. The van der Waals surface area contributed by atoms with Gasteiger partial charge in [0.1, 0.15) is 0 Å². The predicted octanol–water partition coefficient (Wildman–Crippen LogP) is 1.17. The SMILES string of the molecule is C=CCCC1(CC(=O)O)OCCO1.